The first kappa shape index (κ1) is 25.0. The van der Waals surface area contributed by atoms with E-state index in [0.29, 0.717) is 22.4 Å². The summed E-state index contributed by atoms with van der Waals surface area (Å²) in [6.07, 6.45) is 1.35. The lowest BCUT2D eigenvalue weighted by Crippen LogP contribution is -2.32. The number of hydrogen-bond acceptors (Lipinski definition) is 8. The standard InChI is InChI=1S/C27H23N5O5/c1-15(29)26(34)31-20-9-5-8-16(24(20)36-2)18-13-21(17-7-3-4-10-22(17)33)30-25(19(18)14-28)32-27(35)23-11-6-12-37-23/h3-13,15,33H,29H2,1-2H3,(H,31,34)(H,30,32,35). The lowest BCUT2D eigenvalue weighted by atomic mass is 9.96. The number of furan rings is 1. The van der Waals surface area contributed by atoms with Crippen molar-refractivity contribution in [1.29, 1.82) is 5.26 Å². The molecule has 10 heteroatoms. The zero-order chi connectivity index (χ0) is 26.5. The zero-order valence-electron chi connectivity index (χ0n) is 20.0. The monoisotopic (exact) mass is 497 g/mol. The largest absolute Gasteiger partial charge is 0.507 e. The maximum atomic E-state index is 12.8. The number of pyridine rings is 1. The van der Waals surface area contributed by atoms with Crippen LogP contribution in [0, 0.1) is 11.3 Å². The second-order valence-corrected chi connectivity index (χ2v) is 8.00. The number of nitrogens with two attached hydrogens (primary N) is 1. The van der Waals surface area contributed by atoms with E-state index in [4.69, 9.17) is 14.9 Å². The first-order valence-corrected chi connectivity index (χ1v) is 11.2. The molecule has 5 N–H and O–H groups in total. The topological polar surface area (TPSA) is 163 Å². The summed E-state index contributed by atoms with van der Waals surface area (Å²) in [5.74, 6) is -0.832. The quantitative estimate of drug-likeness (QED) is 0.296. The van der Waals surface area contributed by atoms with Crippen molar-refractivity contribution >= 4 is 23.3 Å². The molecule has 186 valence electrons. The number of nitrogens with zero attached hydrogens (tertiary/aromatic N) is 2. The second kappa shape index (κ2) is 10.6. The van der Waals surface area contributed by atoms with Crippen LogP contribution < -0.4 is 21.1 Å². The number of amides is 2. The first-order valence-electron chi connectivity index (χ1n) is 11.2. The highest BCUT2D eigenvalue weighted by molar-refractivity contribution is 6.04. The summed E-state index contributed by atoms with van der Waals surface area (Å²) in [6, 6.07) is 17.5. The van der Waals surface area contributed by atoms with E-state index < -0.39 is 17.9 Å². The van der Waals surface area contributed by atoms with Gasteiger partial charge in [-0.05, 0) is 43.3 Å². The molecule has 2 aromatic heterocycles. The van der Waals surface area contributed by atoms with Gasteiger partial charge in [0.1, 0.15) is 23.1 Å². The minimum absolute atomic E-state index is 0.0263. The van der Waals surface area contributed by atoms with E-state index in [1.54, 1.807) is 55.5 Å². The molecule has 0 spiro atoms. The van der Waals surface area contributed by atoms with Gasteiger partial charge in [-0.15, -0.1) is 0 Å². The van der Waals surface area contributed by atoms with Crippen molar-refractivity contribution in [2.45, 2.75) is 13.0 Å². The predicted octanol–water partition coefficient (Wildman–Crippen LogP) is 4.13. The van der Waals surface area contributed by atoms with Gasteiger partial charge in [-0.3, -0.25) is 9.59 Å². The summed E-state index contributed by atoms with van der Waals surface area (Å²) < 4.78 is 10.8. The summed E-state index contributed by atoms with van der Waals surface area (Å²) in [4.78, 5) is 29.5. The van der Waals surface area contributed by atoms with Crippen LogP contribution in [0.2, 0.25) is 0 Å². The summed E-state index contributed by atoms with van der Waals surface area (Å²) in [7, 11) is 1.43. The van der Waals surface area contributed by atoms with Gasteiger partial charge in [-0.25, -0.2) is 4.98 Å². The highest BCUT2D eigenvalue weighted by atomic mass is 16.5. The first-order chi connectivity index (χ1) is 17.8. The van der Waals surface area contributed by atoms with E-state index >= 15 is 0 Å². The fourth-order valence-corrected chi connectivity index (χ4v) is 3.68. The summed E-state index contributed by atoms with van der Waals surface area (Å²) in [5, 5.41) is 26.0. The molecule has 1 atom stereocenters. The van der Waals surface area contributed by atoms with E-state index in [0.717, 1.165) is 0 Å². The lowest BCUT2D eigenvalue weighted by molar-refractivity contribution is -0.117. The number of phenolic OH excluding ortho intramolecular Hbond substituents is 1. The molecule has 0 fully saturated rings. The smallest absolute Gasteiger partial charge is 0.292 e. The molecular formula is C27H23N5O5. The number of benzene rings is 2. The summed E-state index contributed by atoms with van der Waals surface area (Å²) in [6.45, 7) is 1.55. The van der Waals surface area contributed by atoms with Crippen molar-refractivity contribution in [1.82, 2.24) is 4.98 Å². The van der Waals surface area contributed by atoms with Crippen molar-refractivity contribution in [3.8, 4) is 40.0 Å². The molecule has 0 aliphatic heterocycles. The van der Waals surface area contributed by atoms with Crippen LogP contribution in [0.15, 0.2) is 71.3 Å². The Labute approximate surface area is 212 Å². The van der Waals surface area contributed by atoms with Crippen LogP contribution in [-0.4, -0.2) is 35.1 Å². The van der Waals surface area contributed by atoms with Crippen LogP contribution in [0.5, 0.6) is 11.5 Å². The predicted molar refractivity (Wildman–Crippen MR) is 137 cm³/mol. The molecule has 0 aliphatic carbocycles. The number of nitrogens with one attached hydrogen (secondary N) is 2. The number of para-hydroxylation sites is 2. The Hall–Kier alpha value is -5.14. The number of nitriles is 1. The van der Waals surface area contributed by atoms with Gasteiger partial charge in [0.15, 0.2) is 11.6 Å². The van der Waals surface area contributed by atoms with Crippen LogP contribution in [0.4, 0.5) is 11.5 Å². The number of aromatic nitrogens is 1. The van der Waals surface area contributed by atoms with Crippen molar-refractivity contribution in [2.75, 3.05) is 17.7 Å². The molecule has 2 amide bonds. The Kier molecular flexibility index (Phi) is 7.18. The number of aromatic hydroxyl groups is 1. The fraction of sp³-hybridized carbons (Fsp3) is 0.111. The number of carbonyl (C=O) groups excluding carboxylic acids is 2. The van der Waals surface area contributed by atoms with Gasteiger partial charge < -0.3 is 30.6 Å². The zero-order valence-corrected chi connectivity index (χ0v) is 20.0. The normalized spacial score (nSPS) is 11.3. The molecular weight excluding hydrogens is 474 g/mol. The van der Waals surface area contributed by atoms with E-state index in [1.807, 2.05) is 0 Å². The molecule has 2 heterocycles. The molecule has 0 aliphatic rings. The average molecular weight is 498 g/mol. The molecule has 4 rings (SSSR count). The SMILES string of the molecule is COc1c(NC(=O)C(C)N)cccc1-c1cc(-c2ccccc2O)nc(NC(=O)c2ccco2)c1C#N. The minimum atomic E-state index is -0.764. The average Bonchev–Trinajstić information content (AvgIpc) is 3.43. The number of rotatable bonds is 7. The number of carbonyl (C=O) groups is 2. The van der Waals surface area contributed by atoms with Crippen LogP contribution >= 0.6 is 0 Å². The van der Waals surface area contributed by atoms with E-state index in [-0.39, 0.29) is 34.3 Å². The Balaban J connectivity index is 1.95. The molecule has 2 aromatic carbocycles. The van der Waals surface area contributed by atoms with Crippen molar-refractivity contribution in [3.63, 3.8) is 0 Å². The number of anilines is 2. The van der Waals surface area contributed by atoms with Gasteiger partial charge in [0.05, 0.1) is 30.8 Å². The van der Waals surface area contributed by atoms with Crippen LogP contribution in [0.25, 0.3) is 22.4 Å². The van der Waals surface area contributed by atoms with E-state index in [9.17, 15) is 20.0 Å². The Morgan fingerprint density at radius 2 is 1.84 bits per heavy atom. The van der Waals surface area contributed by atoms with Gasteiger partial charge in [0.25, 0.3) is 5.91 Å². The fourth-order valence-electron chi connectivity index (χ4n) is 3.68. The van der Waals surface area contributed by atoms with Gasteiger partial charge in [0.2, 0.25) is 5.91 Å². The maximum absolute atomic E-state index is 12.8. The molecule has 0 saturated heterocycles. The van der Waals surface area contributed by atoms with E-state index in [2.05, 4.69) is 21.7 Å². The van der Waals surface area contributed by atoms with Crippen LogP contribution in [0.1, 0.15) is 23.0 Å². The van der Waals surface area contributed by atoms with Crippen molar-refractivity contribution in [2.24, 2.45) is 5.73 Å². The molecule has 0 saturated carbocycles. The molecule has 0 radical (unpaired) electrons. The Morgan fingerprint density at radius 1 is 1.08 bits per heavy atom. The van der Waals surface area contributed by atoms with Gasteiger partial charge >= 0.3 is 0 Å². The molecule has 10 nitrogen and oxygen atoms in total. The van der Waals surface area contributed by atoms with Gasteiger partial charge in [-0.2, -0.15) is 5.26 Å². The summed E-state index contributed by atoms with van der Waals surface area (Å²) >= 11 is 0. The van der Waals surface area contributed by atoms with Crippen molar-refractivity contribution < 1.29 is 23.8 Å². The van der Waals surface area contributed by atoms with Gasteiger partial charge in [0, 0.05) is 16.7 Å². The highest BCUT2D eigenvalue weighted by Gasteiger charge is 2.23. The number of ether oxygens (including phenoxy) is 1. The lowest BCUT2D eigenvalue weighted by Gasteiger charge is -2.18. The third-order valence-corrected chi connectivity index (χ3v) is 5.47. The third-order valence-electron chi connectivity index (χ3n) is 5.47. The maximum Gasteiger partial charge on any atom is 0.292 e. The third kappa shape index (κ3) is 5.12. The Morgan fingerprint density at radius 3 is 2.49 bits per heavy atom. The minimum Gasteiger partial charge on any atom is -0.507 e. The van der Waals surface area contributed by atoms with Gasteiger partial charge in [-0.1, -0.05) is 24.3 Å². The number of hydrogen-bond donors (Lipinski definition) is 4. The molecule has 4 aromatic rings. The number of phenols is 1. The molecule has 37 heavy (non-hydrogen) atoms. The Bertz CT molecular complexity index is 1510. The second-order valence-electron chi connectivity index (χ2n) is 8.00. The number of methoxy groups -OCH3 is 1. The molecule has 0 bridgehead atoms. The summed E-state index contributed by atoms with van der Waals surface area (Å²) in [5.41, 5.74) is 7.52. The van der Waals surface area contributed by atoms with Crippen LogP contribution in [-0.2, 0) is 4.79 Å². The van der Waals surface area contributed by atoms with Crippen molar-refractivity contribution in [3.05, 3.63) is 78.3 Å². The molecule has 1 unspecified atom stereocenters. The van der Waals surface area contributed by atoms with E-state index in [1.165, 1.54) is 25.5 Å². The highest BCUT2D eigenvalue weighted by Crippen LogP contribution is 2.42. The van der Waals surface area contributed by atoms with Crippen LogP contribution in [0.3, 0.4) is 0 Å².